The van der Waals surface area contributed by atoms with Crippen molar-refractivity contribution >= 4 is 11.3 Å². The number of rotatable bonds is 3. The minimum absolute atomic E-state index is 0.109. The Morgan fingerprint density at radius 3 is 2.42 bits per heavy atom. The molecule has 6 heteroatoms. The maximum absolute atomic E-state index is 12.6. The predicted octanol–water partition coefficient (Wildman–Crippen LogP) is 4.22. The molecule has 1 unspecified atom stereocenters. The largest absolute Gasteiger partial charge is 0.391 e. The summed E-state index contributed by atoms with van der Waals surface area (Å²) in [5.41, 5.74) is 0.987. The van der Waals surface area contributed by atoms with Crippen LogP contribution in [0.2, 0.25) is 0 Å². The summed E-state index contributed by atoms with van der Waals surface area (Å²) >= 11 is 1.60. The van der Waals surface area contributed by atoms with Crippen molar-refractivity contribution in [2.75, 3.05) is 0 Å². The van der Waals surface area contributed by atoms with Gasteiger partial charge in [-0.1, -0.05) is 0 Å². The van der Waals surface area contributed by atoms with E-state index in [0.29, 0.717) is 12.8 Å². The average Bonchev–Trinajstić information content (AvgIpc) is 2.75. The van der Waals surface area contributed by atoms with Crippen LogP contribution in [0.3, 0.4) is 0 Å². The van der Waals surface area contributed by atoms with Crippen LogP contribution in [0.4, 0.5) is 13.2 Å². The molecule has 0 aromatic carbocycles. The highest BCUT2D eigenvalue weighted by atomic mass is 32.1. The van der Waals surface area contributed by atoms with Gasteiger partial charge in [0.05, 0.1) is 16.6 Å². The van der Waals surface area contributed by atoms with Crippen molar-refractivity contribution in [2.45, 2.75) is 57.8 Å². The molecule has 2 rings (SSSR count). The average molecular weight is 292 g/mol. The molecule has 1 aliphatic rings. The first-order valence-corrected chi connectivity index (χ1v) is 7.49. The van der Waals surface area contributed by atoms with Crippen LogP contribution in [0.15, 0.2) is 5.38 Å². The fraction of sp³-hybridized carbons (Fsp3) is 0.769. The Morgan fingerprint density at radius 2 is 1.95 bits per heavy atom. The van der Waals surface area contributed by atoms with Gasteiger partial charge in [0, 0.05) is 17.5 Å². The third kappa shape index (κ3) is 3.92. The van der Waals surface area contributed by atoms with Gasteiger partial charge in [0.25, 0.3) is 0 Å². The molecule has 1 aromatic rings. The lowest BCUT2D eigenvalue weighted by Crippen LogP contribution is -2.38. The van der Waals surface area contributed by atoms with Crippen molar-refractivity contribution < 1.29 is 13.2 Å². The van der Waals surface area contributed by atoms with E-state index in [2.05, 4.69) is 10.3 Å². The Labute approximate surface area is 115 Å². The maximum Gasteiger partial charge on any atom is 0.391 e. The highest BCUT2D eigenvalue weighted by Gasteiger charge is 2.41. The van der Waals surface area contributed by atoms with E-state index in [1.54, 1.807) is 11.3 Å². The van der Waals surface area contributed by atoms with Crippen LogP contribution in [0.1, 0.15) is 49.4 Å². The third-order valence-corrected chi connectivity index (χ3v) is 4.55. The van der Waals surface area contributed by atoms with E-state index in [1.165, 1.54) is 0 Å². The molecule has 108 valence electrons. The smallest absolute Gasteiger partial charge is 0.306 e. The molecule has 1 N–H and O–H groups in total. The van der Waals surface area contributed by atoms with Crippen LogP contribution in [-0.4, -0.2) is 17.2 Å². The van der Waals surface area contributed by atoms with Crippen molar-refractivity contribution in [2.24, 2.45) is 5.92 Å². The molecule has 1 saturated carbocycles. The molecule has 1 aliphatic carbocycles. The fourth-order valence-corrected chi connectivity index (χ4v) is 3.31. The Hall–Kier alpha value is -0.620. The topological polar surface area (TPSA) is 24.9 Å². The lowest BCUT2D eigenvalue weighted by molar-refractivity contribution is -0.182. The van der Waals surface area contributed by atoms with Gasteiger partial charge < -0.3 is 5.32 Å². The molecule has 1 fully saturated rings. The first-order valence-electron chi connectivity index (χ1n) is 6.61. The molecular formula is C13H19F3N2S. The Balaban J connectivity index is 1.82. The van der Waals surface area contributed by atoms with Crippen LogP contribution >= 0.6 is 11.3 Å². The Morgan fingerprint density at radius 1 is 1.32 bits per heavy atom. The van der Waals surface area contributed by atoms with Gasteiger partial charge in [-0.3, -0.25) is 0 Å². The quantitative estimate of drug-likeness (QED) is 0.902. The van der Waals surface area contributed by atoms with E-state index in [1.807, 2.05) is 19.2 Å². The van der Waals surface area contributed by atoms with Crippen LogP contribution in [0.25, 0.3) is 0 Å². The van der Waals surface area contributed by atoms with Crippen molar-refractivity contribution in [1.29, 1.82) is 0 Å². The standard InChI is InChI=1S/C13H19F3N2S/c1-8(12-7-19-9(2)18-12)17-11-5-3-10(4-6-11)13(14,15)16/h7-8,10-11,17H,3-6H2,1-2H3. The zero-order valence-electron chi connectivity index (χ0n) is 11.1. The SMILES string of the molecule is Cc1nc(C(C)NC2CCC(C(F)(F)F)CC2)cs1. The number of nitrogens with zero attached hydrogens (tertiary/aromatic N) is 1. The van der Waals surface area contributed by atoms with E-state index >= 15 is 0 Å². The number of halogens is 3. The molecule has 0 saturated heterocycles. The molecule has 0 spiro atoms. The van der Waals surface area contributed by atoms with E-state index in [-0.39, 0.29) is 24.9 Å². The Kier molecular flexibility index (Phi) is 4.50. The molecule has 1 heterocycles. The van der Waals surface area contributed by atoms with Gasteiger partial charge in [0.1, 0.15) is 0 Å². The summed E-state index contributed by atoms with van der Waals surface area (Å²) in [6.45, 7) is 3.97. The third-order valence-electron chi connectivity index (χ3n) is 3.76. The minimum Gasteiger partial charge on any atom is -0.306 e. The monoisotopic (exact) mass is 292 g/mol. The summed E-state index contributed by atoms with van der Waals surface area (Å²) in [5, 5.41) is 6.42. The van der Waals surface area contributed by atoms with Gasteiger partial charge >= 0.3 is 6.18 Å². The number of thiazole rings is 1. The summed E-state index contributed by atoms with van der Waals surface area (Å²) in [4.78, 5) is 4.41. The number of aryl methyl sites for hydroxylation is 1. The number of aromatic nitrogens is 1. The van der Waals surface area contributed by atoms with Gasteiger partial charge in [0.15, 0.2) is 0 Å². The molecular weight excluding hydrogens is 273 g/mol. The number of nitrogens with one attached hydrogen (secondary N) is 1. The zero-order chi connectivity index (χ0) is 14.0. The molecule has 1 aromatic heterocycles. The summed E-state index contributed by atoms with van der Waals surface area (Å²) < 4.78 is 37.7. The van der Waals surface area contributed by atoms with E-state index in [4.69, 9.17) is 0 Å². The van der Waals surface area contributed by atoms with Crippen LogP contribution in [0.5, 0.6) is 0 Å². The molecule has 0 radical (unpaired) electrons. The van der Waals surface area contributed by atoms with Gasteiger partial charge in [0.2, 0.25) is 0 Å². The van der Waals surface area contributed by atoms with Crippen LogP contribution in [-0.2, 0) is 0 Å². The second kappa shape index (κ2) is 5.79. The summed E-state index contributed by atoms with van der Waals surface area (Å²) in [6.07, 6.45) is -2.36. The molecule has 0 aliphatic heterocycles. The zero-order valence-corrected chi connectivity index (χ0v) is 11.9. The summed E-state index contributed by atoms with van der Waals surface area (Å²) in [5.74, 6) is -1.11. The van der Waals surface area contributed by atoms with Crippen molar-refractivity contribution in [3.8, 4) is 0 Å². The van der Waals surface area contributed by atoms with Crippen LogP contribution < -0.4 is 5.32 Å². The second-order valence-electron chi connectivity index (χ2n) is 5.27. The lowest BCUT2D eigenvalue weighted by Gasteiger charge is -2.31. The molecule has 1 atom stereocenters. The minimum atomic E-state index is -4.03. The van der Waals surface area contributed by atoms with Crippen molar-refractivity contribution in [1.82, 2.24) is 10.3 Å². The Bertz CT molecular complexity index is 408. The lowest BCUT2D eigenvalue weighted by atomic mass is 9.85. The summed E-state index contributed by atoms with van der Waals surface area (Å²) in [6, 6.07) is 0.285. The van der Waals surface area contributed by atoms with Crippen LogP contribution in [0, 0.1) is 12.8 Å². The first kappa shape index (κ1) is 14.8. The van der Waals surface area contributed by atoms with Crippen molar-refractivity contribution in [3.63, 3.8) is 0 Å². The second-order valence-corrected chi connectivity index (χ2v) is 6.33. The van der Waals surface area contributed by atoms with E-state index < -0.39 is 12.1 Å². The summed E-state index contributed by atoms with van der Waals surface area (Å²) in [7, 11) is 0. The van der Waals surface area contributed by atoms with Gasteiger partial charge in [-0.05, 0) is 39.5 Å². The first-order chi connectivity index (χ1) is 8.86. The number of hydrogen-bond donors (Lipinski definition) is 1. The molecule has 19 heavy (non-hydrogen) atoms. The molecule has 0 bridgehead atoms. The van der Waals surface area contributed by atoms with Gasteiger partial charge in [-0.25, -0.2) is 4.98 Å². The normalized spacial score (nSPS) is 26.4. The molecule has 2 nitrogen and oxygen atoms in total. The maximum atomic E-state index is 12.6. The highest BCUT2D eigenvalue weighted by molar-refractivity contribution is 7.09. The van der Waals surface area contributed by atoms with Gasteiger partial charge in [-0.2, -0.15) is 13.2 Å². The van der Waals surface area contributed by atoms with E-state index in [9.17, 15) is 13.2 Å². The number of hydrogen-bond acceptors (Lipinski definition) is 3. The van der Waals surface area contributed by atoms with Gasteiger partial charge in [-0.15, -0.1) is 11.3 Å². The van der Waals surface area contributed by atoms with Crippen molar-refractivity contribution in [3.05, 3.63) is 16.1 Å². The molecule has 0 amide bonds. The van der Waals surface area contributed by atoms with E-state index in [0.717, 1.165) is 10.7 Å². The number of alkyl halides is 3. The highest BCUT2D eigenvalue weighted by Crippen LogP contribution is 2.37. The predicted molar refractivity (Wildman–Crippen MR) is 70.2 cm³/mol. The fourth-order valence-electron chi connectivity index (χ4n) is 2.61.